The van der Waals surface area contributed by atoms with E-state index in [0.29, 0.717) is 5.82 Å². The molecule has 4 rings (SSSR count). The van der Waals surface area contributed by atoms with Gasteiger partial charge in [0.05, 0.1) is 16.4 Å². The number of halogens is 1. The third-order valence-corrected chi connectivity index (χ3v) is 6.65. The van der Waals surface area contributed by atoms with Gasteiger partial charge in [0, 0.05) is 13.1 Å². The summed E-state index contributed by atoms with van der Waals surface area (Å²) >= 11 is 1.47. The molecule has 26 heavy (non-hydrogen) atoms. The van der Waals surface area contributed by atoms with Gasteiger partial charge >= 0.3 is 0 Å². The van der Waals surface area contributed by atoms with Gasteiger partial charge in [0.2, 0.25) is 15.8 Å². The maximum absolute atomic E-state index is 13.4. The number of ether oxygens (including phenoxy) is 1. The lowest BCUT2D eigenvalue weighted by Crippen LogP contribution is -2.42. The van der Waals surface area contributed by atoms with Gasteiger partial charge in [-0.15, -0.1) is 11.3 Å². The van der Waals surface area contributed by atoms with Crippen molar-refractivity contribution < 1.29 is 22.1 Å². The van der Waals surface area contributed by atoms with Gasteiger partial charge < -0.3 is 9.26 Å². The number of rotatable bonds is 4. The number of sulfonamides is 1. The molecule has 3 heterocycles. The highest BCUT2D eigenvalue weighted by atomic mass is 32.2. The van der Waals surface area contributed by atoms with Crippen LogP contribution in [0, 0.1) is 5.82 Å². The van der Waals surface area contributed by atoms with E-state index in [1.54, 1.807) is 0 Å². The molecule has 2 aromatic heterocycles. The molecule has 0 N–H and O–H groups in total. The molecule has 0 aliphatic carbocycles. The van der Waals surface area contributed by atoms with Crippen LogP contribution in [0.15, 0.2) is 51.2 Å². The number of hydrogen-bond acceptors (Lipinski definition) is 7. The monoisotopic (exact) mass is 395 g/mol. The van der Waals surface area contributed by atoms with Crippen LogP contribution in [-0.2, 0) is 14.8 Å². The molecule has 1 aliphatic heterocycles. The number of hydrogen-bond donors (Lipinski definition) is 0. The molecule has 1 saturated heterocycles. The van der Waals surface area contributed by atoms with Crippen LogP contribution in [-0.4, -0.2) is 42.6 Å². The summed E-state index contributed by atoms with van der Waals surface area (Å²) < 4.78 is 51.0. The Morgan fingerprint density at radius 2 is 2.15 bits per heavy atom. The Labute approximate surface area is 153 Å². The molecule has 136 valence electrons. The molecule has 1 fully saturated rings. The molecule has 0 radical (unpaired) electrons. The zero-order valence-electron chi connectivity index (χ0n) is 13.4. The summed E-state index contributed by atoms with van der Waals surface area (Å²) in [6, 6.07) is 8.67. The molecule has 0 amide bonds. The molecule has 10 heteroatoms. The van der Waals surface area contributed by atoms with E-state index in [1.165, 1.54) is 33.8 Å². The zero-order valence-corrected chi connectivity index (χ0v) is 15.0. The van der Waals surface area contributed by atoms with Crippen LogP contribution in [0.2, 0.25) is 0 Å². The predicted molar refractivity (Wildman–Crippen MR) is 91.5 cm³/mol. The summed E-state index contributed by atoms with van der Waals surface area (Å²) in [6.45, 7) is 0.363. The van der Waals surface area contributed by atoms with Crippen LogP contribution in [0.4, 0.5) is 4.39 Å². The van der Waals surface area contributed by atoms with Gasteiger partial charge in [-0.3, -0.25) is 0 Å². The number of aromatic nitrogens is 2. The van der Waals surface area contributed by atoms with E-state index in [2.05, 4.69) is 10.1 Å². The molecule has 1 aromatic carbocycles. The average Bonchev–Trinajstić information content (AvgIpc) is 3.33. The van der Waals surface area contributed by atoms with Gasteiger partial charge in [-0.2, -0.15) is 9.29 Å². The first-order valence-electron chi connectivity index (χ1n) is 7.79. The first-order valence-corrected chi connectivity index (χ1v) is 10.1. The van der Waals surface area contributed by atoms with Gasteiger partial charge in [0.25, 0.3) is 5.89 Å². The molecular weight excluding hydrogens is 381 g/mol. The van der Waals surface area contributed by atoms with Crippen LogP contribution in [0.1, 0.15) is 12.0 Å². The minimum Gasteiger partial charge on any atom is -0.366 e. The van der Waals surface area contributed by atoms with Crippen molar-refractivity contribution in [2.24, 2.45) is 0 Å². The summed E-state index contributed by atoms with van der Waals surface area (Å²) in [7, 11) is -3.84. The lowest BCUT2D eigenvalue weighted by molar-refractivity contribution is -0.0199. The van der Waals surface area contributed by atoms with E-state index >= 15 is 0 Å². The van der Waals surface area contributed by atoms with Crippen LogP contribution < -0.4 is 0 Å². The van der Waals surface area contributed by atoms with Crippen molar-refractivity contribution in [1.82, 2.24) is 14.4 Å². The van der Waals surface area contributed by atoms with Gasteiger partial charge in [-0.05, 0) is 29.6 Å². The minimum absolute atomic E-state index is 0.0188. The molecular formula is C16H14FN3O4S2. The van der Waals surface area contributed by atoms with Gasteiger partial charge in [0.1, 0.15) is 5.82 Å². The van der Waals surface area contributed by atoms with Gasteiger partial charge in [-0.25, -0.2) is 12.8 Å². The van der Waals surface area contributed by atoms with Crippen LogP contribution in [0.25, 0.3) is 10.7 Å². The normalized spacial score (nSPS) is 18.9. The third kappa shape index (κ3) is 3.28. The van der Waals surface area contributed by atoms with Crippen LogP contribution >= 0.6 is 11.3 Å². The summed E-state index contributed by atoms with van der Waals surface area (Å²) in [5.74, 6) is 0.0460. The number of thiophene rings is 1. The molecule has 0 saturated carbocycles. The van der Waals surface area contributed by atoms with Crippen LogP contribution in [0.3, 0.4) is 0 Å². The molecule has 1 atom stereocenters. The Bertz CT molecular complexity index is 1000. The van der Waals surface area contributed by atoms with E-state index in [-0.39, 0.29) is 30.5 Å². The average molecular weight is 395 g/mol. The topological polar surface area (TPSA) is 85.5 Å². The first-order chi connectivity index (χ1) is 12.5. The Morgan fingerprint density at radius 3 is 2.92 bits per heavy atom. The molecule has 1 unspecified atom stereocenters. The van der Waals surface area contributed by atoms with E-state index in [1.807, 2.05) is 17.5 Å². The second-order valence-corrected chi connectivity index (χ2v) is 8.50. The van der Waals surface area contributed by atoms with E-state index in [0.717, 1.165) is 10.9 Å². The van der Waals surface area contributed by atoms with Crippen molar-refractivity contribution in [3.63, 3.8) is 0 Å². The van der Waals surface area contributed by atoms with Gasteiger partial charge in [-0.1, -0.05) is 17.3 Å². The summed E-state index contributed by atoms with van der Waals surface area (Å²) in [4.78, 5) is 5.06. The van der Waals surface area contributed by atoms with E-state index < -0.39 is 21.9 Å². The molecule has 7 nitrogen and oxygen atoms in total. The van der Waals surface area contributed by atoms with Crippen molar-refractivity contribution >= 4 is 21.4 Å². The minimum atomic E-state index is -3.84. The Balaban J connectivity index is 1.56. The fourth-order valence-corrected chi connectivity index (χ4v) is 4.75. The maximum Gasteiger partial charge on any atom is 0.257 e. The largest absolute Gasteiger partial charge is 0.366 e. The maximum atomic E-state index is 13.4. The number of morpholine rings is 1. The zero-order chi connectivity index (χ0) is 18.1. The highest BCUT2D eigenvalue weighted by Crippen LogP contribution is 2.28. The van der Waals surface area contributed by atoms with Gasteiger partial charge in [0.15, 0.2) is 6.10 Å². The Morgan fingerprint density at radius 1 is 1.27 bits per heavy atom. The second kappa shape index (κ2) is 6.88. The summed E-state index contributed by atoms with van der Waals surface area (Å²) in [6.07, 6.45) is -0.673. The van der Waals surface area contributed by atoms with Crippen molar-refractivity contribution in [1.29, 1.82) is 0 Å². The Hall–Kier alpha value is -2.14. The van der Waals surface area contributed by atoms with E-state index in [4.69, 9.17) is 9.26 Å². The highest BCUT2D eigenvalue weighted by Gasteiger charge is 2.34. The first kappa shape index (κ1) is 17.3. The Kier molecular flexibility index (Phi) is 4.57. The fourth-order valence-electron chi connectivity index (χ4n) is 2.64. The molecule has 3 aromatic rings. The SMILES string of the molecule is O=S(=O)(c1cccc(F)c1)N1CCOC(c2nc(-c3cccs3)no2)C1. The van der Waals surface area contributed by atoms with Crippen molar-refractivity contribution in [3.8, 4) is 10.7 Å². The third-order valence-electron chi connectivity index (χ3n) is 3.92. The molecule has 0 bridgehead atoms. The number of benzene rings is 1. The predicted octanol–water partition coefficient (Wildman–Crippen LogP) is 2.70. The quantitative estimate of drug-likeness (QED) is 0.675. The second-order valence-electron chi connectivity index (χ2n) is 5.61. The lowest BCUT2D eigenvalue weighted by Gasteiger charge is -2.30. The van der Waals surface area contributed by atoms with E-state index in [9.17, 15) is 12.8 Å². The summed E-state index contributed by atoms with van der Waals surface area (Å²) in [5, 5.41) is 5.82. The van der Waals surface area contributed by atoms with Crippen molar-refractivity contribution in [3.05, 3.63) is 53.5 Å². The molecule has 1 aliphatic rings. The standard InChI is InChI=1S/C16H14FN3O4S2/c17-11-3-1-4-12(9-11)26(21,22)20-6-7-23-13(10-20)16-18-15(19-24-16)14-5-2-8-25-14/h1-5,8-9,13H,6-7,10H2. The summed E-state index contributed by atoms with van der Waals surface area (Å²) in [5.41, 5.74) is 0. The van der Waals surface area contributed by atoms with Crippen molar-refractivity contribution in [2.45, 2.75) is 11.0 Å². The molecule has 0 spiro atoms. The fraction of sp³-hybridized carbons (Fsp3) is 0.250. The lowest BCUT2D eigenvalue weighted by atomic mass is 10.3. The van der Waals surface area contributed by atoms with Crippen LogP contribution in [0.5, 0.6) is 0 Å². The highest BCUT2D eigenvalue weighted by molar-refractivity contribution is 7.89. The van der Waals surface area contributed by atoms with Crippen molar-refractivity contribution in [2.75, 3.05) is 19.7 Å². The number of nitrogens with zero attached hydrogens (tertiary/aromatic N) is 3. The smallest absolute Gasteiger partial charge is 0.257 e.